The lowest BCUT2D eigenvalue weighted by Crippen LogP contribution is -2.07. The first-order valence-electron chi connectivity index (χ1n) is 6.85. The van der Waals surface area contributed by atoms with Gasteiger partial charge >= 0.3 is 0 Å². The van der Waals surface area contributed by atoms with Gasteiger partial charge in [0.25, 0.3) is 5.69 Å². The second kappa shape index (κ2) is 5.11. The summed E-state index contributed by atoms with van der Waals surface area (Å²) >= 11 is 0. The highest BCUT2D eigenvalue weighted by Crippen LogP contribution is 2.32. The van der Waals surface area contributed by atoms with E-state index in [4.69, 9.17) is 0 Å². The van der Waals surface area contributed by atoms with Gasteiger partial charge in [0, 0.05) is 17.5 Å². The zero-order valence-electron chi connectivity index (χ0n) is 12.2. The fraction of sp³-hybridized carbons (Fsp3) is 0.118. The van der Waals surface area contributed by atoms with Crippen LogP contribution in [0, 0.1) is 24.0 Å². The van der Waals surface area contributed by atoms with Crippen LogP contribution in [0.5, 0.6) is 0 Å². The zero-order valence-corrected chi connectivity index (χ0v) is 12.2. The maximum Gasteiger partial charge on any atom is 0.293 e. The smallest absolute Gasteiger partial charge is 0.293 e. The van der Waals surface area contributed by atoms with Crippen LogP contribution in [0.1, 0.15) is 11.1 Å². The number of benzene rings is 2. The van der Waals surface area contributed by atoms with Gasteiger partial charge in [-0.1, -0.05) is 29.8 Å². The summed E-state index contributed by atoms with van der Waals surface area (Å²) in [6.07, 6.45) is 0. The number of nitro groups is 1. The topological polar surface area (TPSA) is 76.0 Å². The average Bonchev–Trinajstić information content (AvgIpc) is 2.47. The maximum atomic E-state index is 11.9. The van der Waals surface area contributed by atoms with Gasteiger partial charge in [0.15, 0.2) is 0 Å². The molecule has 1 N–H and O–H groups in total. The number of aromatic nitrogens is 1. The Morgan fingerprint density at radius 3 is 2.32 bits per heavy atom. The summed E-state index contributed by atoms with van der Waals surface area (Å²) < 4.78 is 0. The van der Waals surface area contributed by atoms with Gasteiger partial charge in [-0.3, -0.25) is 14.9 Å². The van der Waals surface area contributed by atoms with Gasteiger partial charge < -0.3 is 4.98 Å². The van der Waals surface area contributed by atoms with E-state index in [1.165, 1.54) is 12.1 Å². The number of aryl methyl sites for hydroxylation is 2. The third kappa shape index (κ3) is 2.37. The summed E-state index contributed by atoms with van der Waals surface area (Å²) in [6, 6.07) is 12.5. The summed E-state index contributed by atoms with van der Waals surface area (Å²) in [4.78, 5) is 25.3. The number of hydrogen-bond acceptors (Lipinski definition) is 3. The van der Waals surface area contributed by atoms with Gasteiger partial charge in [0.1, 0.15) is 5.52 Å². The van der Waals surface area contributed by atoms with Gasteiger partial charge in [-0.2, -0.15) is 0 Å². The highest BCUT2D eigenvalue weighted by molar-refractivity contribution is 5.99. The fourth-order valence-electron chi connectivity index (χ4n) is 2.60. The van der Waals surface area contributed by atoms with E-state index < -0.39 is 4.92 Å². The molecule has 0 saturated carbocycles. The molecule has 0 aliphatic carbocycles. The van der Waals surface area contributed by atoms with E-state index in [-0.39, 0.29) is 16.8 Å². The van der Waals surface area contributed by atoms with Crippen molar-refractivity contribution in [1.82, 2.24) is 4.98 Å². The largest absolute Gasteiger partial charge is 0.316 e. The van der Waals surface area contributed by atoms with Gasteiger partial charge in [-0.05, 0) is 36.6 Å². The molecule has 0 aliphatic heterocycles. The number of nitrogens with one attached hydrogen (secondary N) is 1. The minimum absolute atomic E-state index is 0.0824. The normalized spacial score (nSPS) is 10.8. The predicted octanol–water partition coefficient (Wildman–Crippen LogP) is 3.72. The first-order valence-corrected chi connectivity index (χ1v) is 6.85. The van der Waals surface area contributed by atoms with Crippen molar-refractivity contribution in [2.45, 2.75) is 13.8 Å². The van der Waals surface area contributed by atoms with Crippen LogP contribution in [0.2, 0.25) is 0 Å². The number of pyridine rings is 1. The van der Waals surface area contributed by atoms with Crippen LogP contribution in [0.15, 0.2) is 47.3 Å². The predicted molar refractivity (Wildman–Crippen MR) is 86.1 cm³/mol. The number of rotatable bonds is 2. The number of nitrogens with zero attached hydrogens (tertiary/aromatic N) is 1. The molecule has 110 valence electrons. The number of hydrogen-bond donors (Lipinski definition) is 1. The molecule has 0 unspecified atom stereocenters. The van der Waals surface area contributed by atoms with Crippen LogP contribution in [0.4, 0.5) is 5.69 Å². The number of non-ortho nitro benzene ring substituents is 1. The van der Waals surface area contributed by atoms with E-state index in [1.54, 1.807) is 6.92 Å². The lowest BCUT2D eigenvalue weighted by molar-refractivity contribution is -0.383. The lowest BCUT2D eigenvalue weighted by atomic mass is 9.98. The minimum atomic E-state index is -0.468. The molecule has 3 rings (SSSR count). The Balaban J connectivity index is 2.42. The second-order valence-corrected chi connectivity index (χ2v) is 5.38. The second-order valence-electron chi connectivity index (χ2n) is 5.38. The molecule has 0 spiro atoms. The number of nitro benzene ring substituents is 1. The summed E-state index contributed by atoms with van der Waals surface area (Å²) in [6.45, 7) is 3.78. The third-order valence-corrected chi connectivity index (χ3v) is 3.63. The van der Waals surface area contributed by atoms with Crippen molar-refractivity contribution in [1.29, 1.82) is 0 Å². The summed E-state index contributed by atoms with van der Waals surface area (Å²) in [7, 11) is 0. The highest BCUT2D eigenvalue weighted by atomic mass is 16.6. The molecule has 1 heterocycles. The molecule has 0 atom stereocenters. The van der Waals surface area contributed by atoms with Crippen molar-refractivity contribution in [3.05, 3.63) is 74.1 Å². The van der Waals surface area contributed by atoms with Crippen molar-refractivity contribution < 1.29 is 4.92 Å². The molecule has 0 bridgehead atoms. The molecule has 2 aromatic carbocycles. The van der Waals surface area contributed by atoms with E-state index in [1.807, 2.05) is 37.3 Å². The first-order chi connectivity index (χ1) is 10.5. The van der Waals surface area contributed by atoms with Gasteiger partial charge in [0.05, 0.1) is 4.92 Å². The van der Waals surface area contributed by atoms with E-state index in [0.717, 1.165) is 16.7 Å². The van der Waals surface area contributed by atoms with Crippen LogP contribution < -0.4 is 5.56 Å². The highest BCUT2D eigenvalue weighted by Gasteiger charge is 2.17. The molecule has 0 fully saturated rings. The fourth-order valence-corrected chi connectivity index (χ4v) is 2.60. The SMILES string of the molecule is Cc1ccc(-c2cc(=O)[nH]c3c([N+](=O)[O-])cc(C)cc23)cc1. The lowest BCUT2D eigenvalue weighted by Gasteiger charge is -2.08. The Hall–Kier alpha value is -2.95. The zero-order chi connectivity index (χ0) is 15.9. The Morgan fingerprint density at radius 1 is 1.00 bits per heavy atom. The van der Waals surface area contributed by atoms with E-state index in [0.29, 0.717) is 10.9 Å². The van der Waals surface area contributed by atoms with E-state index >= 15 is 0 Å². The van der Waals surface area contributed by atoms with Crippen LogP contribution in [-0.4, -0.2) is 9.91 Å². The summed E-state index contributed by atoms with van der Waals surface area (Å²) in [5.74, 6) is 0. The van der Waals surface area contributed by atoms with Crippen LogP contribution in [-0.2, 0) is 0 Å². The number of H-pyrrole nitrogens is 1. The maximum absolute atomic E-state index is 11.9. The third-order valence-electron chi connectivity index (χ3n) is 3.63. The Kier molecular flexibility index (Phi) is 3.25. The van der Waals surface area contributed by atoms with Crippen LogP contribution in [0.3, 0.4) is 0 Å². The molecule has 0 aliphatic rings. The molecular weight excluding hydrogens is 280 g/mol. The molecule has 3 aromatic rings. The summed E-state index contributed by atoms with van der Waals surface area (Å²) in [5.41, 5.74) is 3.28. The quantitative estimate of drug-likeness (QED) is 0.578. The van der Waals surface area contributed by atoms with Gasteiger partial charge in [0.2, 0.25) is 5.56 Å². The molecule has 5 heteroatoms. The van der Waals surface area contributed by atoms with Gasteiger partial charge in [-0.15, -0.1) is 0 Å². The molecule has 0 saturated heterocycles. The van der Waals surface area contributed by atoms with Gasteiger partial charge in [-0.25, -0.2) is 0 Å². The van der Waals surface area contributed by atoms with E-state index in [9.17, 15) is 14.9 Å². The molecule has 22 heavy (non-hydrogen) atoms. The summed E-state index contributed by atoms with van der Waals surface area (Å²) in [5, 5.41) is 11.9. The van der Waals surface area contributed by atoms with Crippen molar-refractivity contribution in [3.8, 4) is 11.1 Å². The molecule has 5 nitrogen and oxygen atoms in total. The van der Waals surface area contributed by atoms with Crippen molar-refractivity contribution >= 4 is 16.6 Å². The van der Waals surface area contributed by atoms with Crippen LogP contribution >= 0.6 is 0 Å². The Bertz CT molecular complexity index is 941. The van der Waals surface area contributed by atoms with E-state index in [2.05, 4.69) is 4.98 Å². The Labute approximate surface area is 126 Å². The average molecular weight is 294 g/mol. The van der Waals surface area contributed by atoms with Crippen molar-refractivity contribution in [2.24, 2.45) is 0 Å². The monoisotopic (exact) mass is 294 g/mol. The molecule has 0 amide bonds. The van der Waals surface area contributed by atoms with Crippen molar-refractivity contribution in [3.63, 3.8) is 0 Å². The molecule has 1 aromatic heterocycles. The Morgan fingerprint density at radius 2 is 1.68 bits per heavy atom. The minimum Gasteiger partial charge on any atom is -0.316 e. The molecule has 0 radical (unpaired) electrons. The van der Waals surface area contributed by atoms with Crippen molar-refractivity contribution in [2.75, 3.05) is 0 Å². The number of fused-ring (bicyclic) bond motifs is 1. The number of aromatic amines is 1. The first kappa shape index (κ1) is 14.0. The molecular formula is C17H14N2O3. The standard InChI is InChI=1S/C17H14N2O3/c1-10-3-5-12(6-4-10)13-9-16(20)18-17-14(13)7-11(2)8-15(17)19(21)22/h3-9H,1-2H3,(H,18,20). The van der Waals surface area contributed by atoms with Crippen LogP contribution in [0.25, 0.3) is 22.0 Å².